The molecule has 0 bridgehead atoms. The molecule has 1 aromatic carbocycles. The lowest BCUT2D eigenvalue weighted by Gasteiger charge is -2.26. The van der Waals surface area contributed by atoms with Gasteiger partial charge in [-0.25, -0.2) is 0 Å². The number of unbranched alkanes of at least 4 members (excludes halogenated alkanes) is 1. The molecule has 122 valence electrons. The summed E-state index contributed by atoms with van der Waals surface area (Å²) in [5.41, 5.74) is 6.80. The zero-order valence-electron chi connectivity index (χ0n) is 13.2. The van der Waals surface area contributed by atoms with Gasteiger partial charge in [-0.3, -0.25) is 4.79 Å². The first-order valence-electron chi connectivity index (χ1n) is 8.07. The molecule has 3 N–H and O–H groups in total. The summed E-state index contributed by atoms with van der Waals surface area (Å²) in [5, 5.41) is 2.89. The molecule has 0 radical (unpaired) electrons. The number of nitrogens with two attached hydrogens (primary N) is 1. The summed E-state index contributed by atoms with van der Waals surface area (Å²) in [6, 6.07) is 6.96. The van der Waals surface area contributed by atoms with Crippen LogP contribution in [0, 0.1) is 5.92 Å². The molecular weight excluding hydrogens is 280 g/mol. The van der Waals surface area contributed by atoms with E-state index in [0.29, 0.717) is 19.8 Å². The Morgan fingerprint density at radius 1 is 1.45 bits per heavy atom. The molecule has 1 aliphatic heterocycles. The average Bonchev–Trinajstić information content (AvgIpc) is 2.55. The van der Waals surface area contributed by atoms with Crippen molar-refractivity contribution in [3.8, 4) is 5.75 Å². The highest BCUT2D eigenvalue weighted by Gasteiger charge is 2.26. The van der Waals surface area contributed by atoms with Crippen molar-refractivity contribution in [3.05, 3.63) is 24.3 Å². The largest absolute Gasteiger partial charge is 0.494 e. The van der Waals surface area contributed by atoms with E-state index in [1.165, 1.54) is 0 Å². The first-order chi connectivity index (χ1) is 10.7. The van der Waals surface area contributed by atoms with Crippen LogP contribution in [-0.2, 0) is 9.53 Å². The van der Waals surface area contributed by atoms with Crippen LogP contribution < -0.4 is 15.8 Å². The summed E-state index contributed by atoms with van der Waals surface area (Å²) < 4.78 is 11.0. The third kappa shape index (κ3) is 5.00. The van der Waals surface area contributed by atoms with Crippen LogP contribution in [0.1, 0.15) is 32.6 Å². The van der Waals surface area contributed by atoms with Crippen LogP contribution in [0.4, 0.5) is 5.69 Å². The van der Waals surface area contributed by atoms with Crippen molar-refractivity contribution in [2.45, 2.75) is 38.6 Å². The molecule has 2 rings (SSSR count). The molecule has 0 aliphatic carbocycles. The Bertz CT molecular complexity index is 473. The van der Waals surface area contributed by atoms with Gasteiger partial charge in [0.25, 0.3) is 0 Å². The fourth-order valence-corrected chi connectivity index (χ4v) is 2.51. The van der Waals surface area contributed by atoms with Crippen molar-refractivity contribution in [2.75, 3.05) is 25.1 Å². The van der Waals surface area contributed by atoms with Crippen molar-refractivity contribution >= 4 is 11.6 Å². The topological polar surface area (TPSA) is 73.6 Å². The Balaban J connectivity index is 1.88. The zero-order valence-corrected chi connectivity index (χ0v) is 13.2. The second kappa shape index (κ2) is 8.76. The summed E-state index contributed by atoms with van der Waals surface area (Å²) >= 11 is 0. The molecule has 0 saturated carbocycles. The summed E-state index contributed by atoms with van der Waals surface area (Å²) in [6.45, 7) is 4.19. The van der Waals surface area contributed by atoms with E-state index in [2.05, 4.69) is 12.2 Å². The molecule has 5 nitrogen and oxygen atoms in total. The highest BCUT2D eigenvalue weighted by molar-refractivity contribution is 5.95. The van der Waals surface area contributed by atoms with E-state index in [-0.39, 0.29) is 11.8 Å². The minimum absolute atomic E-state index is 0.141. The van der Waals surface area contributed by atoms with E-state index >= 15 is 0 Å². The van der Waals surface area contributed by atoms with E-state index in [1.54, 1.807) is 0 Å². The van der Waals surface area contributed by atoms with Gasteiger partial charge in [-0.2, -0.15) is 0 Å². The lowest BCUT2D eigenvalue weighted by molar-refractivity contribution is -0.119. The number of hydrogen-bond donors (Lipinski definition) is 2. The highest BCUT2D eigenvalue weighted by atomic mass is 16.5. The number of amides is 1. The van der Waals surface area contributed by atoms with E-state index in [4.69, 9.17) is 15.2 Å². The predicted molar refractivity (Wildman–Crippen MR) is 87.0 cm³/mol. The van der Waals surface area contributed by atoms with Gasteiger partial charge in [0.1, 0.15) is 5.75 Å². The minimum Gasteiger partial charge on any atom is -0.494 e. The Kier molecular flexibility index (Phi) is 6.68. The van der Waals surface area contributed by atoms with Crippen LogP contribution in [0.5, 0.6) is 5.75 Å². The van der Waals surface area contributed by atoms with Gasteiger partial charge in [0.2, 0.25) is 5.91 Å². The van der Waals surface area contributed by atoms with Gasteiger partial charge in [0.15, 0.2) is 0 Å². The SMILES string of the molecule is CCCCOc1cccc(NC(=O)C(N)C2CCOCC2)c1. The number of ether oxygens (including phenoxy) is 2. The Morgan fingerprint density at radius 3 is 2.95 bits per heavy atom. The van der Waals surface area contributed by atoms with Crippen LogP contribution >= 0.6 is 0 Å². The second-order valence-corrected chi connectivity index (χ2v) is 5.69. The van der Waals surface area contributed by atoms with Gasteiger partial charge >= 0.3 is 0 Å². The standard InChI is InChI=1S/C17H26N2O3/c1-2-3-9-22-15-6-4-5-14(12-15)19-17(20)16(18)13-7-10-21-11-8-13/h4-6,12-13,16H,2-3,7-11,18H2,1H3,(H,19,20). The van der Waals surface area contributed by atoms with Gasteiger partial charge in [-0.15, -0.1) is 0 Å². The summed E-state index contributed by atoms with van der Waals surface area (Å²) in [6.07, 6.45) is 3.80. The van der Waals surface area contributed by atoms with Gasteiger partial charge < -0.3 is 20.5 Å². The minimum atomic E-state index is -0.492. The van der Waals surface area contributed by atoms with Gasteiger partial charge in [-0.05, 0) is 37.3 Å². The van der Waals surface area contributed by atoms with E-state index < -0.39 is 6.04 Å². The number of rotatable bonds is 7. The Morgan fingerprint density at radius 2 is 2.23 bits per heavy atom. The number of carbonyl (C=O) groups excluding carboxylic acids is 1. The maximum Gasteiger partial charge on any atom is 0.241 e. The molecule has 1 aromatic rings. The number of anilines is 1. The van der Waals surface area contributed by atoms with E-state index in [0.717, 1.165) is 37.1 Å². The first-order valence-corrected chi connectivity index (χ1v) is 8.07. The summed E-state index contributed by atoms with van der Waals surface area (Å²) in [4.78, 5) is 12.3. The molecular formula is C17H26N2O3. The monoisotopic (exact) mass is 306 g/mol. The molecule has 1 atom stereocenters. The van der Waals surface area contributed by atoms with Gasteiger partial charge in [0.05, 0.1) is 12.6 Å². The average molecular weight is 306 g/mol. The number of benzene rings is 1. The van der Waals surface area contributed by atoms with Crippen molar-refractivity contribution in [3.63, 3.8) is 0 Å². The van der Waals surface area contributed by atoms with E-state index in [1.807, 2.05) is 24.3 Å². The molecule has 0 spiro atoms. The Labute approximate surface area is 132 Å². The normalized spacial score (nSPS) is 17.0. The molecule has 22 heavy (non-hydrogen) atoms. The number of carbonyl (C=O) groups is 1. The highest BCUT2D eigenvalue weighted by Crippen LogP contribution is 2.21. The fraction of sp³-hybridized carbons (Fsp3) is 0.588. The molecule has 1 heterocycles. The Hall–Kier alpha value is -1.59. The quantitative estimate of drug-likeness (QED) is 0.759. The van der Waals surface area contributed by atoms with Crippen LogP contribution in [-0.4, -0.2) is 31.8 Å². The predicted octanol–water partition coefficient (Wildman–Crippen LogP) is 2.56. The lowest BCUT2D eigenvalue weighted by atomic mass is 9.92. The molecule has 1 saturated heterocycles. The van der Waals surface area contributed by atoms with Crippen LogP contribution in [0.2, 0.25) is 0 Å². The van der Waals surface area contributed by atoms with E-state index in [9.17, 15) is 4.79 Å². The maximum atomic E-state index is 12.3. The number of hydrogen-bond acceptors (Lipinski definition) is 4. The van der Waals surface area contributed by atoms with Crippen LogP contribution in [0.25, 0.3) is 0 Å². The maximum absolute atomic E-state index is 12.3. The smallest absolute Gasteiger partial charge is 0.241 e. The first kappa shape index (κ1) is 16.8. The third-order valence-electron chi connectivity index (χ3n) is 3.94. The second-order valence-electron chi connectivity index (χ2n) is 5.69. The molecule has 1 amide bonds. The van der Waals surface area contributed by atoms with Crippen molar-refractivity contribution < 1.29 is 14.3 Å². The molecule has 0 aromatic heterocycles. The zero-order chi connectivity index (χ0) is 15.8. The van der Waals surface area contributed by atoms with Crippen LogP contribution in [0.15, 0.2) is 24.3 Å². The van der Waals surface area contributed by atoms with Crippen molar-refractivity contribution in [1.29, 1.82) is 0 Å². The molecule has 5 heteroatoms. The van der Waals surface area contributed by atoms with Crippen molar-refractivity contribution in [1.82, 2.24) is 0 Å². The lowest BCUT2D eigenvalue weighted by Crippen LogP contribution is -2.43. The third-order valence-corrected chi connectivity index (χ3v) is 3.94. The van der Waals surface area contributed by atoms with Crippen molar-refractivity contribution in [2.24, 2.45) is 11.7 Å². The number of nitrogens with one attached hydrogen (secondary N) is 1. The molecule has 1 unspecified atom stereocenters. The van der Waals surface area contributed by atoms with Crippen LogP contribution in [0.3, 0.4) is 0 Å². The fourth-order valence-electron chi connectivity index (χ4n) is 2.51. The van der Waals surface area contributed by atoms with Gasteiger partial charge in [-0.1, -0.05) is 19.4 Å². The molecule has 1 fully saturated rings. The summed E-state index contributed by atoms with van der Waals surface area (Å²) in [7, 11) is 0. The summed E-state index contributed by atoms with van der Waals surface area (Å²) in [5.74, 6) is 0.821. The van der Waals surface area contributed by atoms with Gasteiger partial charge in [0, 0.05) is 25.0 Å². The molecule has 1 aliphatic rings.